The zero-order chi connectivity index (χ0) is 17.4. The van der Waals surface area contributed by atoms with Gasteiger partial charge in [-0.05, 0) is 42.7 Å². The molecule has 0 aliphatic carbocycles. The molecule has 2 aromatic rings. The molecule has 0 aromatic heterocycles. The van der Waals surface area contributed by atoms with Crippen LogP contribution in [0.15, 0.2) is 60.3 Å². The molecule has 0 fully saturated rings. The van der Waals surface area contributed by atoms with Gasteiger partial charge in [-0.25, -0.2) is 0 Å². The maximum Gasteiger partial charge on any atom is 0.263 e. The summed E-state index contributed by atoms with van der Waals surface area (Å²) in [4.78, 5) is 12.1. The quantitative estimate of drug-likeness (QED) is 0.621. The van der Waals surface area contributed by atoms with Crippen molar-refractivity contribution in [2.75, 3.05) is 11.9 Å². The Morgan fingerprint density at radius 2 is 2.00 bits per heavy atom. The fourth-order valence-electron chi connectivity index (χ4n) is 2.15. The number of nitrogens with one attached hydrogen (secondary N) is 2. The third kappa shape index (κ3) is 5.15. The molecule has 0 aliphatic heterocycles. The molecule has 0 aliphatic rings. The Morgan fingerprint density at radius 3 is 2.67 bits per heavy atom. The van der Waals surface area contributed by atoms with Gasteiger partial charge in [0.25, 0.3) is 5.91 Å². The van der Waals surface area contributed by atoms with Crippen LogP contribution in [0.5, 0.6) is 0 Å². The van der Waals surface area contributed by atoms with E-state index >= 15 is 0 Å². The molecule has 0 radical (unpaired) electrons. The fraction of sp³-hybridized carbons (Fsp3) is 0.158. The van der Waals surface area contributed by atoms with Crippen LogP contribution in [0, 0.1) is 18.3 Å². The number of hydrogen-bond donors (Lipinski definition) is 2. The van der Waals surface area contributed by atoms with Crippen molar-refractivity contribution in [2.45, 2.75) is 13.3 Å². The van der Waals surface area contributed by atoms with Crippen LogP contribution in [0.2, 0.25) is 5.02 Å². The van der Waals surface area contributed by atoms with Crippen molar-refractivity contribution in [2.24, 2.45) is 0 Å². The van der Waals surface area contributed by atoms with E-state index in [1.807, 2.05) is 49.4 Å². The highest BCUT2D eigenvalue weighted by atomic mass is 35.5. The average molecular weight is 340 g/mol. The second-order valence-electron chi connectivity index (χ2n) is 5.26. The summed E-state index contributed by atoms with van der Waals surface area (Å²) in [5.74, 6) is -0.396. The van der Waals surface area contributed by atoms with E-state index in [4.69, 9.17) is 16.9 Å². The Hall–Kier alpha value is -2.77. The summed E-state index contributed by atoms with van der Waals surface area (Å²) in [5.41, 5.74) is 2.89. The number of hydrogen-bond acceptors (Lipinski definition) is 3. The summed E-state index contributed by atoms with van der Waals surface area (Å²) in [5, 5.41) is 15.5. The maximum atomic E-state index is 12.1. The van der Waals surface area contributed by atoms with E-state index in [1.165, 1.54) is 6.20 Å². The lowest BCUT2D eigenvalue weighted by Gasteiger charge is -2.07. The Labute approximate surface area is 146 Å². The van der Waals surface area contributed by atoms with Crippen LogP contribution in [0.4, 0.5) is 5.69 Å². The lowest BCUT2D eigenvalue weighted by Crippen LogP contribution is -2.27. The molecule has 2 aromatic carbocycles. The van der Waals surface area contributed by atoms with Gasteiger partial charge in [-0.15, -0.1) is 0 Å². The van der Waals surface area contributed by atoms with Crippen molar-refractivity contribution < 1.29 is 4.79 Å². The molecule has 0 atom stereocenters. The summed E-state index contributed by atoms with van der Waals surface area (Å²) >= 11 is 5.91. The van der Waals surface area contributed by atoms with Crippen molar-refractivity contribution in [1.82, 2.24) is 5.32 Å². The number of rotatable bonds is 6. The molecule has 1 amide bonds. The summed E-state index contributed by atoms with van der Waals surface area (Å²) in [7, 11) is 0. The number of benzene rings is 2. The maximum absolute atomic E-state index is 12.1. The second kappa shape index (κ2) is 8.76. The third-order valence-electron chi connectivity index (χ3n) is 3.47. The van der Waals surface area contributed by atoms with Gasteiger partial charge in [0.05, 0.1) is 0 Å². The van der Waals surface area contributed by atoms with Crippen molar-refractivity contribution in [3.05, 3.63) is 76.5 Å². The zero-order valence-electron chi connectivity index (χ0n) is 13.3. The topological polar surface area (TPSA) is 64.9 Å². The first-order valence-electron chi connectivity index (χ1n) is 7.55. The van der Waals surface area contributed by atoms with Gasteiger partial charge >= 0.3 is 0 Å². The van der Waals surface area contributed by atoms with E-state index in [0.717, 1.165) is 23.2 Å². The molecule has 0 bridgehead atoms. The summed E-state index contributed by atoms with van der Waals surface area (Å²) in [6.45, 7) is 2.37. The molecule has 4 nitrogen and oxygen atoms in total. The molecule has 24 heavy (non-hydrogen) atoms. The van der Waals surface area contributed by atoms with Gasteiger partial charge < -0.3 is 10.6 Å². The minimum absolute atomic E-state index is 0.0254. The van der Waals surface area contributed by atoms with E-state index in [2.05, 4.69) is 10.6 Å². The van der Waals surface area contributed by atoms with Crippen molar-refractivity contribution in [3.63, 3.8) is 0 Å². The minimum atomic E-state index is -0.396. The van der Waals surface area contributed by atoms with Crippen molar-refractivity contribution in [3.8, 4) is 6.07 Å². The minimum Gasteiger partial charge on any atom is -0.360 e. The van der Waals surface area contributed by atoms with Gasteiger partial charge in [-0.2, -0.15) is 5.26 Å². The van der Waals surface area contributed by atoms with Crippen molar-refractivity contribution >= 4 is 23.2 Å². The van der Waals surface area contributed by atoms with Crippen LogP contribution in [-0.4, -0.2) is 12.5 Å². The number of halogens is 1. The first-order valence-corrected chi connectivity index (χ1v) is 7.93. The third-order valence-corrected chi connectivity index (χ3v) is 3.70. The molecule has 5 heteroatoms. The van der Waals surface area contributed by atoms with E-state index in [-0.39, 0.29) is 5.57 Å². The zero-order valence-corrected chi connectivity index (χ0v) is 14.1. The smallest absolute Gasteiger partial charge is 0.263 e. The highest BCUT2D eigenvalue weighted by Gasteiger charge is 2.08. The van der Waals surface area contributed by atoms with E-state index < -0.39 is 5.91 Å². The first-order chi connectivity index (χ1) is 11.6. The highest BCUT2D eigenvalue weighted by molar-refractivity contribution is 6.30. The molecule has 0 spiro atoms. The van der Waals surface area contributed by atoms with Crippen LogP contribution in [0.3, 0.4) is 0 Å². The lowest BCUT2D eigenvalue weighted by atomic mass is 10.1. The van der Waals surface area contributed by atoms with E-state index in [9.17, 15) is 4.79 Å². The van der Waals surface area contributed by atoms with Gasteiger partial charge in [-0.3, -0.25) is 4.79 Å². The second-order valence-corrected chi connectivity index (χ2v) is 5.70. The summed E-state index contributed by atoms with van der Waals surface area (Å²) in [6, 6.07) is 17.1. The van der Waals surface area contributed by atoms with Crippen LogP contribution in [-0.2, 0) is 11.2 Å². The predicted molar refractivity (Wildman–Crippen MR) is 96.7 cm³/mol. The molecule has 0 heterocycles. The highest BCUT2D eigenvalue weighted by Crippen LogP contribution is 2.19. The number of amides is 1. The van der Waals surface area contributed by atoms with Gasteiger partial charge in [0.2, 0.25) is 0 Å². The van der Waals surface area contributed by atoms with Crippen molar-refractivity contribution in [1.29, 1.82) is 5.26 Å². The Bertz CT molecular complexity index is 779. The number of aryl methyl sites for hydroxylation is 1. The summed E-state index contributed by atoms with van der Waals surface area (Å²) < 4.78 is 0. The van der Waals surface area contributed by atoms with Gasteiger partial charge in [-0.1, -0.05) is 41.9 Å². The molecule has 2 rings (SSSR count). The molecule has 2 N–H and O–H groups in total. The normalized spacial score (nSPS) is 10.8. The SMILES string of the molecule is Cc1cc(Cl)ccc1N/C=C(/C#N)C(=O)NCCc1ccccc1. The van der Waals surface area contributed by atoms with Gasteiger partial charge in [0, 0.05) is 23.5 Å². The van der Waals surface area contributed by atoms with Crippen LogP contribution < -0.4 is 10.6 Å². The molecule has 0 saturated carbocycles. The number of carbonyl (C=O) groups is 1. The van der Waals surface area contributed by atoms with Crippen LogP contribution >= 0.6 is 11.6 Å². The molecule has 122 valence electrons. The fourth-order valence-corrected chi connectivity index (χ4v) is 2.37. The van der Waals surface area contributed by atoms with E-state index in [1.54, 1.807) is 12.1 Å². The van der Waals surface area contributed by atoms with Crippen LogP contribution in [0.25, 0.3) is 0 Å². The molecular weight excluding hydrogens is 322 g/mol. The number of nitriles is 1. The number of carbonyl (C=O) groups excluding carboxylic acids is 1. The Morgan fingerprint density at radius 1 is 1.25 bits per heavy atom. The number of nitrogens with zero attached hydrogens (tertiary/aromatic N) is 1. The predicted octanol–water partition coefficient (Wildman–Crippen LogP) is 3.83. The van der Waals surface area contributed by atoms with Crippen LogP contribution in [0.1, 0.15) is 11.1 Å². The van der Waals surface area contributed by atoms with Gasteiger partial charge in [0.15, 0.2) is 0 Å². The van der Waals surface area contributed by atoms with Gasteiger partial charge in [0.1, 0.15) is 11.6 Å². The summed E-state index contributed by atoms with van der Waals surface area (Å²) in [6.07, 6.45) is 2.13. The molecular formula is C19H18ClN3O. The molecule has 0 saturated heterocycles. The van der Waals surface area contributed by atoms with E-state index in [0.29, 0.717) is 11.6 Å². The Kier molecular flexibility index (Phi) is 6.41. The lowest BCUT2D eigenvalue weighted by molar-refractivity contribution is -0.117. The first kappa shape index (κ1) is 17.6. The average Bonchev–Trinajstić information content (AvgIpc) is 2.58. The largest absolute Gasteiger partial charge is 0.360 e. The number of anilines is 1. The standard InChI is InChI=1S/C19H18ClN3O/c1-14-11-17(20)7-8-18(14)23-13-16(12-21)19(24)22-10-9-15-5-3-2-4-6-15/h2-8,11,13,23H,9-10H2,1H3,(H,22,24)/b16-13-. The monoisotopic (exact) mass is 339 g/mol. The molecule has 0 unspecified atom stereocenters. The Balaban J connectivity index is 1.92.